The van der Waals surface area contributed by atoms with E-state index in [1.54, 1.807) is 6.20 Å². The molecule has 17 heavy (non-hydrogen) atoms. The average molecular weight is 236 g/mol. The highest BCUT2D eigenvalue weighted by atomic mass is 16.3. The van der Waals surface area contributed by atoms with Crippen LogP contribution < -0.4 is 11.1 Å². The molecule has 0 fully saturated rings. The summed E-state index contributed by atoms with van der Waals surface area (Å²) < 4.78 is 0. The van der Waals surface area contributed by atoms with Gasteiger partial charge in [-0.1, -0.05) is 13.3 Å². The molecule has 0 radical (unpaired) electrons. The topological polar surface area (TPSA) is 113 Å². The lowest BCUT2D eigenvalue weighted by atomic mass is 10.2. The monoisotopic (exact) mass is 236 g/mol. The maximum atomic E-state index is 9.64. The second-order valence-corrected chi connectivity index (χ2v) is 3.89. The van der Waals surface area contributed by atoms with Gasteiger partial charge in [-0.3, -0.25) is 5.10 Å². The Morgan fingerprint density at radius 2 is 2.35 bits per heavy atom. The maximum Gasteiger partial charge on any atom is 0.224 e. The molecule has 2 rings (SSSR count). The molecule has 92 valence electrons. The number of aliphatic hydroxyl groups is 1. The van der Waals surface area contributed by atoms with Crippen molar-refractivity contribution in [1.29, 1.82) is 0 Å². The van der Waals surface area contributed by atoms with Gasteiger partial charge in [0.1, 0.15) is 5.82 Å². The van der Waals surface area contributed by atoms with Gasteiger partial charge in [-0.2, -0.15) is 15.1 Å². The van der Waals surface area contributed by atoms with Crippen LogP contribution in [0, 0.1) is 0 Å². The van der Waals surface area contributed by atoms with Gasteiger partial charge in [-0.15, -0.1) is 0 Å². The van der Waals surface area contributed by atoms with E-state index in [2.05, 4.69) is 25.5 Å². The zero-order valence-electron chi connectivity index (χ0n) is 9.64. The van der Waals surface area contributed by atoms with Gasteiger partial charge in [0, 0.05) is 6.54 Å². The average Bonchev–Trinajstić information content (AvgIpc) is 2.74. The minimum atomic E-state index is -0.391. The number of nitrogens with one attached hydrogen (secondary N) is 2. The predicted octanol–water partition coefficient (Wildman–Crippen LogP) is 0.508. The molecule has 0 aromatic carbocycles. The van der Waals surface area contributed by atoms with E-state index in [1.165, 1.54) is 0 Å². The number of nitrogen functional groups attached to an aromatic ring is 1. The molecule has 1 atom stereocenters. The van der Waals surface area contributed by atoms with Crippen LogP contribution in [0.25, 0.3) is 11.0 Å². The summed E-state index contributed by atoms with van der Waals surface area (Å²) in [6.45, 7) is 2.46. The third-order valence-corrected chi connectivity index (χ3v) is 2.45. The molecule has 0 saturated heterocycles. The summed E-state index contributed by atoms with van der Waals surface area (Å²) >= 11 is 0. The number of hydrogen-bond donors (Lipinski definition) is 4. The van der Waals surface area contributed by atoms with Gasteiger partial charge in [0.05, 0.1) is 17.7 Å². The summed E-state index contributed by atoms with van der Waals surface area (Å²) in [6.07, 6.45) is 2.93. The molecular formula is C10H16N6O. The molecule has 0 bridgehead atoms. The summed E-state index contributed by atoms with van der Waals surface area (Å²) in [5.41, 5.74) is 6.16. The van der Waals surface area contributed by atoms with Gasteiger partial charge in [-0.25, -0.2) is 0 Å². The van der Waals surface area contributed by atoms with Gasteiger partial charge in [0.2, 0.25) is 5.95 Å². The molecule has 7 nitrogen and oxygen atoms in total. The zero-order valence-corrected chi connectivity index (χ0v) is 9.64. The van der Waals surface area contributed by atoms with E-state index in [1.807, 2.05) is 6.92 Å². The van der Waals surface area contributed by atoms with E-state index in [4.69, 9.17) is 5.73 Å². The van der Waals surface area contributed by atoms with Gasteiger partial charge < -0.3 is 16.2 Å². The Labute approximate surface area is 98.5 Å². The van der Waals surface area contributed by atoms with Crippen molar-refractivity contribution in [3.8, 4) is 0 Å². The smallest absolute Gasteiger partial charge is 0.224 e. The SMILES string of the molecule is CCCC(O)CNc1nc(N)nc2[nH]ncc12. The first-order valence-corrected chi connectivity index (χ1v) is 5.59. The molecule has 0 amide bonds. The number of anilines is 2. The quantitative estimate of drug-likeness (QED) is 0.601. The summed E-state index contributed by atoms with van der Waals surface area (Å²) in [4.78, 5) is 8.10. The molecule has 2 aromatic rings. The first-order valence-electron chi connectivity index (χ1n) is 5.59. The third-order valence-electron chi connectivity index (χ3n) is 2.45. The molecule has 2 heterocycles. The van der Waals surface area contributed by atoms with Gasteiger partial charge in [0.25, 0.3) is 0 Å². The molecule has 0 aliphatic carbocycles. The Kier molecular flexibility index (Phi) is 3.38. The minimum absolute atomic E-state index is 0.175. The molecule has 1 unspecified atom stereocenters. The lowest BCUT2D eigenvalue weighted by Crippen LogP contribution is -2.20. The molecule has 0 saturated carbocycles. The highest BCUT2D eigenvalue weighted by Gasteiger charge is 2.09. The van der Waals surface area contributed by atoms with Crippen molar-refractivity contribution in [3.63, 3.8) is 0 Å². The van der Waals surface area contributed by atoms with Crippen LogP contribution in [-0.4, -0.2) is 37.9 Å². The van der Waals surface area contributed by atoms with Crippen LogP contribution in [0.4, 0.5) is 11.8 Å². The number of H-pyrrole nitrogens is 1. The number of aliphatic hydroxyl groups excluding tert-OH is 1. The van der Waals surface area contributed by atoms with Crippen LogP contribution >= 0.6 is 0 Å². The molecular weight excluding hydrogens is 220 g/mol. The fourth-order valence-corrected chi connectivity index (χ4v) is 1.64. The number of nitrogens with zero attached hydrogens (tertiary/aromatic N) is 3. The second kappa shape index (κ2) is 4.96. The molecule has 0 spiro atoms. The van der Waals surface area contributed by atoms with Crippen LogP contribution in [0.3, 0.4) is 0 Å². The van der Waals surface area contributed by atoms with Crippen LogP contribution in [0.2, 0.25) is 0 Å². The van der Waals surface area contributed by atoms with Crippen molar-refractivity contribution in [2.75, 3.05) is 17.6 Å². The van der Waals surface area contributed by atoms with Crippen molar-refractivity contribution < 1.29 is 5.11 Å². The fraction of sp³-hybridized carbons (Fsp3) is 0.500. The Balaban J connectivity index is 2.14. The Morgan fingerprint density at radius 1 is 1.53 bits per heavy atom. The Hall–Kier alpha value is -1.89. The molecule has 7 heteroatoms. The van der Waals surface area contributed by atoms with E-state index < -0.39 is 6.10 Å². The van der Waals surface area contributed by atoms with Gasteiger partial charge in [-0.05, 0) is 6.42 Å². The van der Waals surface area contributed by atoms with E-state index in [0.717, 1.165) is 18.2 Å². The summed E-state index contributed by atoms with van der Waals surface area (Å²) in [7, 11) is 0. The van der Waals surface area contributed by atoms with Crippen molar-refractivity contribution in [1.82, 2.24) is 20.2 Å². The van der Waals surface area contributed by atoms with Gasteiger partial charge in [0.15, 0.2) is 5.65 Å². The normalized spacial score (nSPS) is 12.8. The van der Waals surface area contributed by atoms with Gasteiger partial charge >= 0.3 is 0 Å². The van der Waals surface area contributed by atoms with Crippen molar-refractivity contribution >= 4 is 22.8 Å². The van der Waals surface area contributed by atoms with E-state index >= 15 is 0 Å². The second-order valence-electron chi connectivity index (χ2n) is 3.89. The number of aromatic nitrogens is 4. The number of rotatable bonds is 5. The van der Waals surface area contributed by atoms with Crippen LogP contribution in [0.1, 0.15) is 19.8 Å². The summed E-state index contributed by atoms with van der Waals surface area (Å²) in [6, 6.07) is 0. The highest BCUT2D eigenvalue weighted by molar-refractivity contribution is 5.86. The van der Waals surface area contributed by atoms with E-state index in [0.29, 0.717) is 18.0 Å². The highest BCUT2D eigenvalue weighted by Crippen LogP contribution is 2.18. The first kappa shape index (κ1) is 11.6. The van der Waals surface area contributed by atoms with E-state index in [9.17, 15) is 5.11 Å². The maximum absolute atomic E-state index is 9.64. The van der Waals surface area contributed by atoms with Crippen molar-refractivity contribution in [3.05, 3.63) is 6.20 Å². The number of hydrogen-bond acceptors (Lipinski definition) is 6. The number of fused-ring (bicyclic) bond motifs is 1. The molecule has 2 aromatic heterocycles. The standard InChI is InChI=1S/C10H16N6O/c1-2-3-6(17)4-12-8-7-5-13-16-9(7)15-10(11)14-8/h5-6,17H,2-4H2,1H3,(H4,11,12,13,14,15,16). The molecule has 0 aliphatic heterocycles. The minimum Gasteiger partial charge on any atom is -0.391 e. The van der Waals surface area contributed by atoms with Crippen LogP contribution in [0.5, 0.6) is 0 Å². The largest absolute Gasteiger partial charge is 0.391 e. The van der Waals surface area contributed by atoms with E-state index in [-0.39, 0.29) is 5.95 Å². The summed E-state index contributed by atoms with van der Waals surface area (Å²) in [5.74, 6) is 0.769. The Morgan fingerprint density at radius 3 is 3.12 bits per heavy atom. The molecule has 0 aliphatic rings. The summed E-state index contributed by atoms with van der Waals surface area (Å²) in [5, 5.41) is 20.1. The zero-order chi connectivity index (χ0) is 12.3. The number of nitrogens with two attached hydrogens (primary N) is 1. The molecule has 5 N–H and O–H groups in total. The van der Waals surface area contributed by atoms with Crippen LogP contribution in [-0.2, 0) is 0 Å². The number of aromatic amines is 1. The Bertz CT molecular complexity index is 497. The van der Waals surface area contributed by atoms with Crippen LogP contribution in [0.15, 0.2) is 6.20 Å². The van der Waals surface area contributed by atoms with Crippen molar-refractivity contribution in [2.24, 2.45) is 0 Å². The fourth-order valence-electron chi connectivity index (χ4n) is 1.64. The lowest BCUT2D eigenvalue weighted by Gasteiger charge is -2.11. The predicted molar refractivity (Wildman–Crippen MR) is 65.5 cm³/mol. The first-order chi connectivity index (χ1) is 8.20. The van der Waals surface area contributed by atoms with Crippen molar-refractivity contribution in [2.45, 2.75) is 25.9 Å². The third kappa shape index (κ3) is 2.62. The lowest BCUT2D eigenvalue weighted by molar-refractivity contribution is 0.176.